The monoisotopic (exact) mass is 456 g/mol. The van der Waals surface area contributed by atoms with Crippen molar-refractivity contribution in [3.63, 3.8) is 0 Å². The lowest BCUT2D eigenvalue weighted by molar-refractivity contribution is 0.0827. The van der Waals surface area contributed by atoms with E-state index in [0.29, 0.717) is 18.7 Å². The molecule has 0 aliphatic rings. The van der Waals surface area contributed by atoms with Crippen molar-refractivity contribution >= 4 is 16.7 Å². The molecule has 6 heteroatoms. The number of carbonyl (C=O) groups excluding carboxylic acids is 1. The van der Waals surface area contributed by atoms with E-state index < -0.39 is 0 Å². The van der Waals surface area contributed by atoms with E-state index >= 15 is 0 Å². The van der Waals surface area contributed by atoms with Crippen LogP contribution in [-0.4, -0.2) is 41.0 Å². The molecule has 1 unspecified atom stereocenters. The average molecular weight is 457 g/mol. The van der Waals surface area contributed by atoms with Gasteiger partial charge in [-0.05, 0) is 58.8 Å². The SMILES string of the molecule is CN(C)C(=O)c1ccc(COc2ccc3cc(C(n4ccnc4)C(C)(C)CN)ccc3c2)cc1. The normalized spacial score (nSPS) is 12.5. The van der Waals surface area contributed by atoms with Crippen LogP contribution in [0.4, 0.5) is 0 Å². The number of benzene rings is 3. The molecule has 34 heavy (non-hydrogen) atoms. The van der Waals surface area contributed by atoms with Crippen LogP contribution in [-0.2, 0) is 6.61 Å². The predicted molar refractivity (Wildman–Crippen MR) is 136 cm³/mol. The number of imidazole rings is 1. The Bertz CT molecular complexity index is 1260. The first-order valence-electron chi connectivity index (χ1n) is 11.4. The standard InChI is InChI=1S/C28H32N4O2/c1-28(2,18-29)26(32-14-13-30-19-32)24-10-9-23-16-25(12-11-22(23)15-24)34-17-20-5-7-21(8-6-20)27(33)31(3)4/h5-16,19,26H,17-18,29H2,1-4H3. The average Bonchev–Trinajstić information content (AvgIpc) is 3.36. The van der Waals surface area contributed by atoms with Gasteiger partial charge in [-0.25, -0.2) is 4.98 Å². The zero-order valence-corrected chi connectivity index (χ0v) is 20.2. The fraction of sp³-hybridized carbons (Fsp3) is 0.286. The van der Waals surface area contributed by atoms with Crippen molar-refractivity contribution < 1.29 is 9.53 Å². The van der Waals surface area contributed by atoms with E-state index in [1.54, 1.807) is 25.2 Å². The van der Waals surface area contributed by atoms with E-state index in [1.165, 1.54) is 5.56 Å². The summed E-state index contributed by atoms with van der Waals surface area (Å²) in [6, 6.07) is 20.3. The molecule has 1 atom stereocenters. The number of rotatable bonds is 8. The van der Waals surface area contributed by atoms with Crippen LogP contribution in [0.1, 0.15) is 41.4 Å². The molecule has 4 aromatic rings. The molecule has 0 spiro atoms. The van der Waals surface area contributed by atoms with Crippen molar-refractivity contribution in [1.29, 1.82) is 0 Å². The van der Waals surface area contributed by atoms with Gasteiger partial charge in [-0.1, -0.05) is 44.2 Å². The van der Waals surface area contributed by atoms with E-state index in [0.717, 1.165) is 22.1 Å². The molecule has 0 saturated carbocycles. The molecule has 1 heterocycles. The van der Waals surface area contributed by atoms with Gasteiger partial charge in [0.15, 0.2) is 0 Å². The van der Waals surface area contributed by atoms with E-state index in [9.17, 15) is 4.79 Å². The number of ether oxygens (including phenoxy) is 1. The Balaban J connectivity index is 1.52. The molecule has 0 bridgehead atoms. The van der Waals surface area contributed by atoms with Crippen molar-refractivity contribution in [3.05, 3.63) is 96.1 Å². The summed E-state index contributed by atoms with van der Waals surface area (Å²) in [5.41, 5.74) is 8.87. The lowest BCUT2D eigenvalue weighted by Gasteiger charge is -2.34. The maximum atomic E-state index is 12.0. The maximum absolute atomic E-state index is 12.0. The Hall–Kier alpha value is -3.64. The number of amides is 1. The predicted octanol–water partition coefficient (Wildman–Crippen LogP) is 4.89. The van der Waals surface area contributed by atoms with Gasteiger partial charge in [-0.2, -0.15) is 0 Å². The molecule has 0 aliphatic heterocycles. The number of aromatic nitrogens is 2. The van der Waals surface area contributed by atoms with E-state index in [4.69, 9.17) is 10.5 Å². The third-order valence-electron chi connectivity index (χ3n) is 6.25. The van der Waals surface area contributed by atoms with Crippen molar-refractivity contribution in [3.8, 4) is 5.75 Å². The van der Waals surface area contributed by atoms with Crippen molar-refractivity contribution in [1.82, 2.24) is 14.5 Å². The molecule has 176 valence electrons. The van der Waals surface area contributed by atoms with Gasteiger partial charge < -0.3 is 19.9 Å². The third kappa shape index (κ3) is 4.97. The first-order chi connectivity index (χ1) is 16.3. The van der Waals surface area contributed by atoms with Gasteiger partial charge >= 0.3 is 0 Å². The van der Waals surface area contributed by atoms with Crippen LogP contribution in [0.3, 0.4) is 0 Å². The van der Waals surface area contributed by atoms with Gasteiger partial charge in [0.2, 0.25) is 0 Å². The highest BCUT2D eigenvalue weighted by molar-refractivity contribution is 5.93. The minimum atomic E-state index is -0.135. The Morgan fingerprint density at radius 2 is 1.76 bits per heavy atom. The van der Waals surface area contributed by atoms with Crippen LogP contribution >= 0.6 is 0 Å². The quantitative estimate of drug-likeness (QED) is 0.410. The Morgan fingerprint density at radius 3 is 2.41 bits per heavy atom. The summed E-state index contributed by atoms with van der Waals surface area (Å²) < 4.78 is 8.16. The molecule has 3 aromatic carbocycles. The second-order valence-corrected chi connectivity index (χ2v) is 9.56. The summed E-state index contributed by atoms with van der Waals surface area (Å²) in [6.07, 6.45) is 5.65. The number of nitrogens with two attached hydrogens (primary N) is 1. The molecule has 0 aliphatic carbocycles. The summed E-state index contributed by atoms with van der Waals surface area (Å²) in [5.74, 6) is 0.800. The minimum absolute atomic E-state index is 0.00788. The maximum Gasteiger partial charge on any atom is 0.253 e. The number of carbonyl (C=O) groups is 1. The number of hydrogen-bond acceptors (Lipinski definition) is 4. The van der Waals surface area contributed by atoms with Crippen LogP contribution < -0.4 is 10.5 Å². The summed E-state index contributed by atoms with van der Waals surface area (Å²) in [5, 5.41) is 2.26. The molecule has 1 amide bonds. The van der Waals surface area contributed by atoms with Gasteiger partial charge in [0.1, 0.15) is 12.4 Å². The number of nitrogens with zero attached hydrogens (tertiary/aromatic N) is 3. The van der Waals surface area contributed by atoms with Crippen molar-refractivity contribution in [2.45, 2.75) is 26.5 Å². The molecule has 1 aromatic heterocycles. The number of fused-ring (bicyclic) bond motifs is 1. The fourth-order valence-electron chi connectivity index (χ4n) is 4.23. The fourth-order valence-corrected chi connectivity index (χ4v) is 4.23. The van der Waals surface area contributed by atoms with Crippen LogP contribution in [0.2, 0.25) is 0 Å². The summed E-state index contributed by atoms with van der Waals surface area (Å²) >= 11 is 0. The first-order valence-corrected chi connectivity index (χ1v) is 11.4. The third-order valence-corrected chi connectivity index (χ3v) is 6.25. The molecular weight excluding hydrogens is 424 g/mol. The van der Waals surface area contributed by atoms with E-state index in [1.807, 2.05) is 42.9 Å². The van der Waals surface area contributed by atoms with Gasteiger partial charge in [-0.3, -0.25) is 4.79 Å². The topological polar surface area (TPSA) is 73.4 Å². The van der Waals surface area contributed by atoms with Gasteiger partial charge in [0.05, 0.1) is 12.4 Å². The smallest absolute Gasteiger partial charge is 0.253 e. The zero-order valence-electron chi connectivity index (χ0n) is 20.2. The number of hydrogen-bond donors (Lipinski definition) is 1. The van der Waals surface area contributed by atoms with Crippen LogP contribution in [0.25, 0.3) is 10.8 Å². The lowest BCUT2D eigenvalue weighted by Crippen LogP contribution is -2.34. The largest absolute Gasteiger partial charge is 0.489 e. The molecular formula is C28H32N4O2. The summed E-state index contributed by atoms with van der Waals surface area (Å²) in [6.45, 7) is 5.36. The molecule has 0 fully saturated rings. The van der Waals surface area contributed by atoms with Crippen LogP contribution in [0.5, 0.6) is 5.75 Å². The second kappa shape index (κ2) is 9.69. The Labute approximate surface area is 201 Å². The molecule has 0 saturated heterocycles. The molecule has 0 radical (unpaired) electrons. The Kier molecular flexibility index (Phi) is 6.70. The summed E-state index contributed by atoms with van der Waals surface area (Å²) in [4.78, 5) is 17.9. The van der Waals surface area contributed by atoms with E-state index in [2.05, 4.69) is 53.7 Å². The van der Waals surface area contributed by atoms with Gasteiger partial charge in [-0.15, -0.1) is 0 Å². The minimum Gasteiger partial charge on any atom is -0.489 e. The highest BCUT2D eigenvalue weighted by Crippen LogP contribution is 2.37. The zero-order chi connectivity index (χ0) is 24.3. The van der Waals surface area contributed by atoms with Gasteiger partial charge in [0, 0.05) is 37.5 Å². The molecule has 2 N–H and O–H groups in total. The summed E-state index contributed by atoms with van der Waals surface area (Å²) in [7, 11) is 3.50. The second-order valence-electron chi connectivity index (χ2n) is 9.56. The Morgan fingerprint density at radius 1 is 1.06 bits per heavy atom. The van der Waals surface area contributed by atoms with Crippen LogP contribution in [0.15, 0.2) is 79.4 Å². The van der Waals surface area contributed by atoms with Crippen LogP contribution in [0, 0.1) is 5.41 Å². The highest BCUT2D eigenvalue weighted by atomic mass is 16.5. The first kappa shape index (κ1) is 23.5. The molecule has 6 nitrogen and oxygen atoms in total. The van der Waals surface area contributed by atoms with E-state index in [-0.39, 0.29) is 17.4 Å². The van der Waals surface area contributed by atoms with Crippen molar-refractivity contribution in [2.75, 3.05) is 20.6 Å². The lowest BCUT2D eigenvalue weighted by atomic mass is 9.80. The highest BCUT2D eigenvalue weighted by Gasteiger charge is 2.31. The molecule has 4 rings (SSSR count). The van der Waals surface area contributed by atoms with Gasteiger partial charge in [0.25, 0.3) is 5.91 Å². The van der Waals surface area contributed by atoms with Crippen molar-refractivity contribution in [2.24, 2.45) is 11.1 Å².